The second-order valence-corrected chi connectivity index (χ2v) is 6.06. The van der Waals surface area contributed by atoms with Crippen LogP contribution < -0.4 is 10.6 Å². The van der Waals surface area contributed by atoms with Gasteiger partial charge in [0.05, 0.1) is 0 Å². The van der Waals surface area contributed by atoms with Gasteiger partial charge in [-0.1, -0.05) is 6.07 Å². The molecule has 114 valence electrons. The van der Waals surface area contributed by atoms with Crippen molar-refractivity contribution in [3.05, 3.63) is 34.4 Å². The minimum absolute atomic E-state index is 0.0918. The summed E-state index contributed by atoms with van der Waals surface area (Å²) in [5.74, 6) is -0.701. The predicted molar refractivity (Wildman–Crippen MR) is 77.9 cm³/mol. The lowest BCUT2D eigenvalue weighted by molar-refractivity contribution is -0.136. The first-order valence-corrected chi connectivity index (χ1v) is 7.64. The molecule has 0 aromatic heterocycles. The van der Waals surface area contributed by atoms with Crippen molar-refractivity contribution in [2.24, 2.45) is 0 Å². The number of nitrogens with zero attached hydrogens (tertiary/aromatic N) is 1. The molecule has 0 unspecified atom stereocenters. The van der Waals surface area contributed by atoms with Gasteiger partial charge in [-0.3, -0.25) is 19.7 Å². The van der Waals surface area contributed by atoms with E-state index in [1.165, 1.54) is 11.1 Å². The molecule has 0 aliphatic carbocycles. The number of amides is 3. The zero-order chi connectivity index (χ0) is 15.3. The van der Waals surface area contributed by atoms with E-state index in [0.29, 0.717) is 24.9 Å². The summed E-state index contributed by atoms with van der Waals surface area (Å²) in [4.78, 5) is 37.6. The van der Waals surface area contributed by atoms with E-state index in [2.05, 4.69) is 10.6 Å². The maximum atomic E-state index is 12.7. The van der Waals surface area contributed by atoms with Gasteiger partial charge in [0.1, 0.15) is 6.04 Å². The third kappa shape index (κ3) is 1.94. The number of fused-ring (bicyclic) bond motifs is 3. The van der Waals surface area contributed by atoms with Crippen LogP contribution in [-0.2, 0) is 29.1 Å². The SMILES string of the molecule is O=C1CC[C@@H](N2Cc3c(ccc4c3CCNC4)C2=O)C(=O)N1. The molecule has 1 fully saturated rings. The Morgan fingerprint density at radius 3 is 2.77 bits per heavy atom. The van der Waals surface area contributed by atoms with Gasteiger partial charge in [-0.15, -0.1) is 0 Å². The predicted octanol–water partition coefficient (Wildman–Crippen LogP) is 0.0933. The Kier molecular flexibility index (Phi) is 3.00. The molecule has 2 N–H and O–H groups in total. The van der Waals surface area contributed by atoms with Crippen LogP contribution in [0.15, 0.2) is 12.1 Å². The number of carbonyl (C=O) groups is 3. The first kappa shape index (κ1) is 13.5. The van der Waals surface area contributed by atoms with E-state index in [0.717, 1.165) is 25.1 Å². The Bertz CT molecular complexity index is 698. The zero-order valence-electron chi connectivity index (χ0n) is 12.1. The summed E-state index contributed by atoms with van der Waals surface area (Å²) in [6.07, 6.45) is 1.61. The Morgan fingerprint density at radius 1 is 1.09 bits per heavy atom. The molecule has 0 spiro atoms. The molecular weight excluding hydrogens is 282 g/mol. The Labute approximate surface area is 127 Å². The summed E-state index contributed by atoms with van der Waals surface area (Å²) in [5, 5.41) is 5.66. The summed E-state index contributed by atoms with van der Waals surface area (Å²) in [7, 11) is 0. The lowest BCUT2D eigenvalue weighted by Gasteiger charge is -2.29. The Hall–Kier alpha value is -2.21. The van der Waals surface area contributed by atoms with Crippen LogP contribution in [0.2, 0.25) is 0 Å². The Balaban J connectivity index is 1.67. The largest absolute Gasteiger partial charge is 0.322 e. The molecule has 0 saturated carbocycles. The van der Waals surface area contributed by atoms with Gasteiger partial charge >= 0.3 is 0 Å². The van der Waals surface area contributed by atoms with Gasteiger partial charge in [0.25, 0.3) is 5.91 Å². The Morgan fingerprint density at radius 2 is 1.95 bits per heavy atom. The van der Waals surface area contributed by atoms with Gasteiger partial charge in [-0.25, -0.2) is 0 Å². The van der Waals surface area contributed by atoms with E-state index >= 15 is 0 Å². The molecule has 1 saturated heterocycles. The first-order valence-electron chi connectivity index (χ1n) is 7.64. The normalized spacial score (nSPS) is 24.1. The summed E-state index contributed by atoms with van der Waals surface area (Å²) in [5.41, 5.74) is 4.27. The van der Waals surface area contributed by atoms with Crippen LogP contribution in [0.25, 0.3) is 0 Å². The van der Waals surface area contributed by atoms with Crippen molar-refractivity contribution in [1.29, 1.82) is 0 Å². The fraction of sp³-hybridized carbons (Fsp3) is 0.438. The van der Waals surface area contributed by atoms with Crippen LogP contribution >= 0.6 is 0 Å². The van der Waals surface area contributed by atoms with Crippen LogP contribution in [-0.4, -0.2) is 35.2 Å². The zero-order valence-corrected chi connectivity index (χ0v) is 12.1. The summed E-state index contributed by atoms with van der Waals surface area (Å²) in [6, 6.07) is 3.34. The molecule has 3 aliphatic rings. The van der Waals surface area contributed by atoms with E-state index in [1.807, 2.05) is 12.1 Å². The van der Waals surface area contributed by atoms with Crippen molar-refractivity contribution in [2.75, 3.05) is 6.54 Å². The van der Waals surface area contributed by atoms with Gasteiger partial charge in [-0.05, 0) is 42.1 Å². The molecule has 0 bridgehead atoms. The fourth-order valence-corrected chi connectivity index (χ4v) is 3.66. The van der Waals surface area contributed by atoms with Gasteiger partial charge < -0.3 is 10.2 Å². The number of hydrogen-bond acceptors (Lipinski definition) is 4. The highest BCUT2D eigenvalue weighted by Crippen LogP contribution is 2.32. The number of imide groups is 1. The topological polar surface area (TPSA) is 78.5 Å². The summed E-state index contributed by atoms with van der Waals surface area (Å²) < 4.78 is 0. The molecule has 1 aromatic carbocycles. The van der Waals surface area contributed by atoms with Gasteiger partial charge in [0.2, 0.25) is 11.8 Å². The molecule has 6 heteroatoms. The van der Waals surface area contributed by atoms with Crippen LogP contribution in [0.5, 0.6) is 0 Å². The van der Waals surface area contributed by atoms with Crippen molar-refractivity contribution in [3.8, 4) is 0 Å². The van der Waals surface area contributed by atoms with E-state index < -0.39 is 6.04 Å². The number of carbonyl (C=O) groups excluding carboxylic acids is 3. The summed E-state index contributed by atoms with van der Waals surface area (Å²) in [6.45, 7) is 2.22. The number of hydrogen-bond donors (Lipinski definition) is 2. The standard InChI is InChI=1S/C16H17N3O3/c20-14-4-3-13(15(21)18-14)19-8-12-10-5-6-17-7-9(10)1-2-11(12)16(19)22/h1-2,13,17H,3-8H2,(H,18,20,21)/t13-/m1/s1. The monoisotopic (exact) mass is 299 g/mol. The average Bonchev–Trinajstić information content (AvgIpc) is 2.85. The molecule has 3 aliphatic heterocycles. The van der Waals surface area contributed by atoms with Crippen LogP contribution in [0.1, 0.15) is 39.9 Å². The van der Waals surface area contributed by atoms with Crippen LogP contribution in [0.3, 0.4) is 0 Å². The van der Waals surface area contributed by atoms with Crippen molar-refractivity contribution in [2.45, 2.75) is 38.4 Å². The molecule has 4 rings (SSSR count). The summed E-state index contributed by atoms with van der Waals surface area (Å²) >= 11 is 0. The van der Waals surface area contributed by atoms with E-state index in [1.54, 1.807) is 4.90 Å². The molecule has 1 atom stereocenters. The quantitative estimate of drug-likeness (QED) is 0.721. The van der Waals surface area contributed by atoms with Gasteiger partial charge in [0.15, 0.2) is 0 Å². The molecule has 1 aromatic rings. The minimum Gasteiger partial charge on any atom is -0.322 e. The van der Waals surface area contributed by atoms with Crippen molar-refractivity contribution in [3.63, 3.8) is 0 Å². The maximum Gasteiger partial charge on any atom is 0.255 e. The van der Waals surface area contributed by atoms with Crippen molar-refractivity contribution >= 4 is 17.7 Å². The second-order valence-electron chi connectivity index (χ2n) is 6.06. The van der Waals surface area contributed by atoms with E-state index in [9.17, 15) is 14.4 Å². The third-order valence-corrected chi connectivity index (χ3v) is 4.80. The lowest BCUT2D eigenvalue weighted by atomic mass is 9.93. The minimum atomic E-state index is -0.532. The molecule has 6 nitrogen and oxygen atoms in total. The molecule has 22 heavy (non-hydrogen) atoms. The van der Waals surface area contributed by atoms with Crippen molar-refractivity contribution < 1.29 is 14.4 Å². The molecule has 3 heterocycles. The van der Waals surface area contributed by atoms with Crippen LogP contribution in [0.4, 0.5) is 0 Å². The highest BCUT2D eigenvalue weighted by atomic mass is 16.2. The number of rotatable bonds is 1. The number of nitrogens with one attached hydrogen (secondary N) is 2. The van der Waals surface area contributed by atoms with Crippen LogP contribution in [0, 0.1) is 0 Å². The third-order valence-electron chi connectivity index (χ3n) is 4.80. The highest BCUT2D eigenvalue weighted by molar-refractivity contribution is 6.05. The number of benzene rings is 1. The molecule has 0 radical (unpaired) electrons. The number of piperidine rings is 1. The van der Waals surface area contributed by atoms with Gasteiger partial charge in [0, 0.05) is 25.1 Å². The van der Waals surface area contributed by atoms with Gasteiger partial charge in [-0.2, -0.15) is 0 Å². The fourth-order valence-electron chi connectivity index (χ4n) is 3.66. The highest BCUT2D eigenvalue weighted by Gasteiger charge is 2.40. The molecular formula is C16H17N3O3. The average molecular weight is 299 g/mol. The maximum absolute atomic E-state index is 12.7. The van der Waals surface area contributed by atoms with E-state index in [4.69, 9.17) is 0 Å². The first-order chi connectivity index (χ1) is 10.6. The second kappa shape index (κ2) is 4.91. The van der Waals surface area contributed by atoms with Crippen molar-refractivity contribution in [1.82, 2.24) is 15.5 Å². The van der Waals surface area contributed by atoms with E-state index in [-0.39, 0.29) is 17.7 Å². The molecule has 3 amide bonds. The lowest BCUT2D eigenvalue weighted by Crippen LogP contribution is -2.52. The smallest absolute Gasteiger partial charge is 0.255 e.